The van der Waals surface area contributed by atoms with Crippen LogP contribution >= 0.6 is 24.8 Å². The topological polar surface area (TPSA) is 67.7 Å². The van der Waals surface area contributed by atoms with Crippen LogP contribution in [0.2, 0.25) is 0 Å². The van der Waals surface area contributed by atoms with Crippen LogP contribution < -0.4 is 10.6 Å². The number of anilines is 1. The molecule has 28 heavy (non-hydrogen) atoms. The van der Waals surface area contributed by atoms with E-state index in [4.69, 9.17) is 9.72 Å². The molecule has 0 bridgehead atoms. The molecule has 6 nitrogen and oxygen atoms in total. The van der Waals surface area contributed by atoms with E-state index in [2.05, 4.69) is 23.6 Å². The molecule has 0 spiro atoms. The second-order valence-corrected chi connectivity index (χ2v) is 6.60. The van der Waals surface area contributed by atoms with Gasteiger partial charge in [-0.3, -0.25) is 4.79 Å². The monoisotopic (exact) mass is 422 g/mol. The maximum absolute atomic E-state index is 12.2. The van der Waals surface area contributed by atoms with Crippen molar-refractivity contribution < 1.29 is 9.53 Å². The first-order valence-electron chi connectivity index (χ1n) is 8.85. The fraction of sp³-hybridized carbons (Fsp3) is 0.300. The normalized spacial score (nSPS) is 16.1. The van der Waals surface area contributed by atoms with E-state index in [1.165, 1.54) is 0 Å². The van der Waals surface area contributed by atoms with Crippen LogP contribution in [0, 0.1) is 6.92 Å². The Morgan fingerprint density at radius 3 is 2.75 bits per heavy atom. The van der Waals surface area contributed by atoms with Crippen LogP contribution in [0.4, 0.5) is 5.69 Å². The minimum absolute atomic E-state index is 0. The highest BCUT2D eigenvalue weighted by Crippen LogP contribution is 2.22. The van der Waals surface area contributed by atoms with Crippen molar-refractivity contribution in [1.82, 2.24) is 14.7 Å². The predicted octanol–water partition coefficient (Wildman–Crippen LogP) is 3.47. The second-order valence-electron chi connectivity index (χ2n) is 6.60. The quantitative estimate of drug-likeness (QED) is 0.675. The number of halogens is 2. The number of carbonyl (C=O) groups excluding carboxylic acids is 1. The highest BCUT2D eigenvalue weighted by molar-refractivity contribution is 5.91. The Bertz CT molecular complexity index is 922. The van der Waals surface area contributed by atoms with Crippen molar-refractivity contribution in [3.63, 3.8) is 0 Å². The van der Waals surface area contributed by atoms with E-state index in [9.17, 15) is 4.79 Å². The number of amides is 1. The molecule has 3 aromatic rings. The lowest BCUT2D eigenvalue weighted by molar-refractivity contribution is -0.117. The molecule has 8 heteroatoms. The van der Waals surface area contributed by atoms with Gasteiger partial charge in [-0.05, 0) is 30.7 Å². The van der Waals surface area contributed by atoms with Crippen molar-refractivity contribution in [3.8, 4) is 11.3 Å². The average molecular weight is 423 g/mol. The lowest BCUT2D eigenvalue weighted by Gasteiger charge is -2.23. The summed E-state index contributed by atoms with van der Waals surface area (Å²) in [6.07, 6.45) is 4.43. The summed E-state index contributed by atoms with van der Waals surface area (Å²) < 4.78 is 7.41. The highest BCUT2D eigenvalue weighted by Gasteiger charge is 2.17. The van der Waals surface area contributed by atoms with Crippen LogP contribution in [-0.4, -0.2) is 41.1 Å². The first-order chi connectivity index (χ1) is 12.7. The first-order valence-corrected chi connectivity index (χ1v) is 8.85. The number of aryl methyl sites for hydroxylation is 1. The van der Waals surface area contributed by atoms with Crippen LogP contribution in [0.3, 0.4) is 0 Å². The van der Waals surface area contributed by atoms with Crippen molar-refractivity contribution in [3.05, 3.63) is 54.4 Å². The Morgan fingerprint density at radius 2 is 2.07 bits per heavy atom. The number of pyridine rings is 1. The molecule has 1 saturated heterocycles. The molecular weight excluding hydrogens is 399 g/mol. The Kier molecular flexibility index (Phi) is 7.83. The van der Waals surface area contributed by atoms with Gasteiger partial charge in [-0.25, -0.2) is 4.98 Å². The summed E-state index contributed by atoms with van der Waals surface area (Å²) in [4.78, 5) is 16.9. The van der Waals surface area contributed by atoms with E-state index in [1.807, 2.05) is 47.1 Å². The largest absolute Gasteiger partial charge is 0.378 e. The number of nitrogens with zero attached hydrogens (tertiary/aromatic N) is 2. The lowest BCUT2D eigenvalue weighted by atomic mass is 10.1. The van der Waals surface area contributed by atoms with Gasteiger partial charge in [0.2, 0.25) is 5.91 Å². The molecule has 1 aliphatic heterocycles. The Balaban J connectivity index is 0.00000140. The summed E-state index contributed by atoms with van der Waals surface area (Å²) in [7, 11) is 0. The molecular formula is C20H24Cl2N4O2. The van der Waals surface area contributed by atoms with Gasteiger partial charge in [-0.15, -0.1) is 24.8 Å². The standard InChI is InChI=1S/C20H22N4O2.2ClH/c1-14-3-2-9-24-12-18(23-20(14)24)15-4-6-16(7-5-15)22-19(25)11-17-13-26-10-8-21-17;;/h2-7,9,12,17,21H,8,10-11,13H2,1H3,(H,22,25);2*1H. The summed E-state index contributed by atoms with van der Waals surface area (Å²) in [5.74, 6) is -0.0101. The van der Waals surface area contributed by atoms with E-state index in [1.54, 1.807) is 0 Å². The molecule has 1 amide bonds. The number of hydrogen-bond acceptors (Lipinski definition) is 4. The van der Waals surface area contributed by atoms with Gasteiger partial charge in [0.05, 0.1) is 18.9 Å². The van der Waals surface area contributed by atoms with E-state index < -0.39 is 0 Å². The molecule has 1 unspecified atom stereocenters. The third kappa shape index (κ3) is 5.02. The summed E-state index contributed by atoms with van der Waals surface area (Å²) >= 11 is 0. The molecule has 2 N–H and O–H groups in total. The third-order valence-corrected chi connectivity index (χ3v) is 4.57. The fourth-order valence-corrected chi connectivity index (χ4v) is 3.20. The molecule has 3 heterocycles. The van der Waals surface area contributed by atoms with Gasteiger partial charge in [-0.1, -0.05) is 18.2 Å². The Hall–Kier alpha value is -2.12. The maximum Gasteiger partial charge on any atom is 0.226 e. The number of hydrogen-bond donors (Lipinski definition) is 2. The lowest BCUT2D eigenvalue weighted by Crippen LogP contribution is -2.43. The van der Waals surface area contributed by atoms with Gasteiger partial charge in [0.15, 0.2) is 0 Å². The van der Waals surface area contributed by atoms with Gasteiger partial charge in [0, 0.05) is 42.7 Å². The summed E-state index contributed by atoms with van der Waals surface area (Å²) in [5.41, 5.74) is 4.83. The number of benzene rings is 1. The highest BCUT2D eigenvalue weighted by atomic mass is 35.5. The van der Waals surface area contributed by atoms with Crippen molar-refractivity contribution in [2.24, 2.45) is 0 Å². The summed E-state index contributed by atoms with van der Waals surface area (Å²) in [6.45, 7) is 4.14. The van der Waals surface area contributed by atoms with Crippen LogP contribution in [0.15, 0.2) is 48.8 Å². The molecule has 150 valence electrons. The summed E-state index contributed by atoms with van der Waals surface area (Å²) in [5, 5.41) is 6.23. The van der Waals surface area contributed by atoms with Crippen LogP contribution in [0.5, 0.6) is 0 Å². The summed E-state index contributed by atoms with van der Waals surface area (Å²) in [6, 6.07) is 11.9. The van der Waals surface area contributed by atoms with Crippen molar-refractivity contribution in [1.29, 1.82) is 0 Å². The molecule has 4 rings (SSSR count). The minimum Gasteiger partial charge on any atom is -0.378 e. The number of rotatable bonds is 4. The van der Waals surface area contributed by atoms with Gasteiger partial charge in [-0.2, -0.15) is 0 Å². The Morgan fingerprint density at radius 1 is 1.29 bits per heavy atom. The zero-order valence-electron chi connectivity index (χ0n) is 15.6. The molecule has 0 aliphatic carbocycles. The van der Waals surface area contributed by atoms with E-state index in [-0.39, 0.29) is 36.8 Å². The average Bonchev–Trinajstić information content (AvgIpc) is 3.09. The number of carbonyl (C=O) groups is 1. The number of aromatic nitrogens is 2. The second kappa shape index (κ2) is 9.89. The number of morpholine rings is 1. The van der Waals surface area contributed by atoms with Crippen molar-refractivity contribution in [2.45, 2.75) is 19.4 Å². The molecule has 1 aromatic carbocycles. The SMILES string of the molecule is Cc1cccn2cc(-c3ccc(NC(=O)CC4COCCN4)cc3)nc12.Cl.Cl. The van der Waals surface area contributed by atoms with E-state index >= 15 is 0 Å². The van der Waals surface area contributed by atoms with E-state index in [0.29, 0.717) is 19.6 Å². The maximum atomic E-state index is 12.2. The predicted molar refractivity (Wildman–Crippen MR) is 116 cm³/mol. The molecule has 0 radical (unpaired) electrons. The number of nitrogens with one attached hydrogen (secondary N) is 2. The molecule has 1 aliphatic rings. The van der Waals surface area contributed by atoms with E-state index in [0.717, 1.165) is 34.7 Å². The van der Waals surface area contributed by atoms with Gasteiger partial charge < -0.3 is 19.8 Å². The fourth-order valence-electron chi connectivity index (χ4n) is 3.20. The van der Waals surface area contributed by atoms with Gasteiger partial charge in [0.1, 0.15) is 5.65 Å². The number of fused-ring (bicyclic) bond motifs is 1. The first kappa shape index (κ1) is 22.2. The molecule has 1 fully saturated rings. The minimum atomic E-state index is -0.0101. The molecule has 0 saturated carbocycles. The Labute approximate surface area is 176 Å². The smallest absolute Gasteiger partial charge is 0.226 e. The number of imidazole rings is 1. The van der Waals surface area contributed by atoms with Crippen LogP contribution in [0.1, 0.15) is 12.0 Å². The van der Waals surface area contributed by atoms with Gasteiger partial charge >= 0.3 is 0 Å². The van der Waals surface area contributed by atoms with Crippen molar-refractivity contribution in [2.75, 3.05) is 25.1 Å². The van der Waals surface area contributed by atoms with Crippen molar-refractivity contribution >= 4 is 42.1 Å². The molecule has 2 aromatic heterocycles. The van der Waals surface area contributed by atoms with Crippen LogP contribution in [-0.2, 0) is 9.53 Å². The zero-order chi connectivity index (χ0) is 17.9. The third-order valence-electron chi connectivity index (χ3n) is 4.57. The van der Waals surface area contributed by atoms with Gasteiger partial charge in [0.25, 0.3) is 0 Å². The zero-order valence-corrected chi connectivity index (χ0v) is 17.2. The van der Waals surface area contributed by atoms with Crippen LogP contribution in [0.25, 0.3) is 16.9 Å². The molecule has 1 atom stereocenters. The number of ether oxygens (including phenoxy) is 1.